The predicted molar refractivity (Wildman–Crippen MR) is 95.3 cm³/mol. The molecule has 2 aromatic rings. The van der Waals surface area contributed by atoms with E-state index in [1.807, 2.05) is 0 Å². The van der Waals surface area contributed by atoms with Gasteiger partial charge in [0.1, 0.15) is 12.4 Å². The Labute approximate surface area is 150 Å². The van der Waals surface area contributed by atoms with E-state index in [2.05, 4.69) is 4.98 Å². The van der Waals surface area contributed by atoms with E-state index >= 15 is 0 Å². The Bertz CT molecular complexity index is 946. The highest BCUT2D eigenvalue weighted by molar-refractivity contribution is 5.99. The van der Waals surface area contributed by atoms with Crippen molar-refractivity contribution in [1.82, 2.24) is 14.5 Å². The van der Waals surface area contributed by atoms with Crippen molar-refractivity contribution in [2.24, 2.45) is 0 Å². The molecule has 7 nitrogen and oxygen atoms in total. The smallest absolute Gasteiger partial charge is 0.323 e. The summed E-state index contributed by atoms with van der Waals surface area (Å²) < 4.78 is 1.75. The molecule has 0 radical (unpaired) electrons. The molecule has 0 unspecified atom stereocenters. The van der Waals surface area contributed by atoms with Crippen LogP contribution in [0.5, 0.6) is 0 Å². The first-order valence-corrected chi connectivity index (χ1v) is 9.11. The first kappa shape index (κ1) is 16.8. The van der Waals surface area contributed by atoms with Gasteiger partial charge in [-0.15, -0.1) is 0 Å². The number of hydrogen-bond acceptors (Lipinski definition) is 4. The van der Waals surface area contributed by atoms with Crippen molar-refractivity contribution >= 4 is 22.8 Å². The molecule has 0 atom stereocenters. The molecule has 136 valence electrons. The van der Waals surface area contributed by atoms with Crippen LogP contribution in [0.4, 0.5) is 0 Å². The van der Waals surface area contributed by atoms with Gasteiger partial charge in [0, 0.05) is 24.6 Å². The third kappa shape index (κ3) is 3.09. The maximum atomic E-state index is 12.8. The number of carbonyl (C=O) groups is 2. The topological polar surface area (TPSA) is 92.5 Å². The van der Waals surface area contributed by atoms with Crippen LogP contribution >= 0.6 is 0 Å². The number of aryl methyl sites for hydroxylation is 1. The third-order valence-corrected chi connectivity index (χ3v) is 5.12. The number of hydrogen-bond donors (Lipinski definition) is 1. The first-order valence-electron chi connectivity index (χ1n) is 9.11. The quantitative estimate of drug-likeness (QED) is 0.903. The number of aliphatic carboxylic acids is 1. The van der Waals surface area contributed by atoms with Crippen molar-refractivity contribution in [2.45, 2.75) is 51.1 Å². The van der Waals surface area contributed by atoms with Gasteiger partial charge < -0.3 is 10.0 Å². The number of aromatic nitrogens is 2. The van der Waals surface area contributed by atoms with Crippen molar-refractivity contribution in [2.75, 3.05) is 6.54 Å². The number of nitrogens with zero attached hydrogens (tertiary/aromatic N) is 3. The molecule has 26 heavy (non-hydrogen) atoms. The summed E-state index contributed by atoms with van der Waals surface area (Å²) in [6.45, 7) is 0.383. The molecule has 0 bridgehead atoms. The lowest BCUT2D eigenvalue weighted by Gasteiger charge is -2.20. The largest absolute Gasteiger partial charge is 0.480 e. The summed E-state index contributed by atoms with van der Waals surface area (Å²) in [5, 5.41) is 9.58. The zero-order valence-corrected chi connectivity index (χ0v) is 14.5. The molecule has 0 spiro atoms. The van der Waals surface area contributed by atoms with Crippen LogP contribution in [0, 0.1) is 0 Å². The second kappa shape index (κ2) is 6.55. The molecule has 1 amide bonds. The lowest BCUT2D eigenvalue weighted by Crippen LogP contribution is -2.37. The van der Waals surface area contributed by atoms with Gasteiger partial charge >= 0.3 is 5.97 Å². The third-order valence-electron chi connectivity index (χ3n) is 5.12. The Hall–Kier alpha value is -2.70. The van der Waals surface area contributed by atoms with Gasteiger partial charge in [-0.1, -0.05) is 6.42 Å². The van der Waals surface area contributed by atoms with Gasteiger partial charge in [-0.25, -0.2) is 4.98 Å². The molecule has 1 saturated carbocycles. The van der Waals surface area contributed by atoms with Crippen LogP contribution in [0.15, 0.2) is 23.0 Å². The molecule has 1 aliphatic carbocycles. The normalized spacial score (nSPS) is 16.8. The van der Waals surface area contributed by atoms with Gasteiger partial charge in [0.2, 0.25) is 0 Å². The molecule has 1 aromatic carbocycles. The molecule has 2 heterocycles. The Morgan fingerprint density at radius 3 is 2.77 bits per heavy atom. The maximum absolute atomic E-state index is 12.8. The van der Waals surface area contributed by atoms with E-state index in [4.69, 9.17) is 5.11 Å². The molecular weight excluding hydrogens is 334 g/mol. The summed E-state index contributed by atoms with van der Waals surface area (Å²) in [6.07, 6.45) is 5.48. The highest BCUT2D eigenvalue weighted by Gasteiger charge is 2.34. The van der Waals surface area contributed by atoms with E-state index in [-0.39, 0.29) is 24.1 Å². The first-order chi connectivity index (χ1) is 12.5. The van der Waals surface area contributed by atoms with E-state index in [0.717, 1.165) is 44.3 Å². The van der Waals surface area contributed by atoms with Crippen LogP contribution in [-0.4, -0.2) is 44.0 Å². The lowest BCUT2D eigenvalue weighted by atomic mass is 10.1. The Morgan fingerprint density at radius 1 is 1.23 bits per heavy atom. The summed E-state index contributed by atoms with van der Waals surface area (Å²) >= 11 is 0. The molecule has 1 aliphatic heterocycles. The van der Waals surface area contributed by atoms with Gasteiger partial charge in [-0.05, 0) is 43.9 Å². The number of fused-ring (bicyclic) bond motifs is 2. The van der Waals surface area contributed by atoms with Crippen LogP contribution < -0.4 is 5.56 Å². The molecule has 1 N–H and O–H groups in total. The Balaban J connectivity index is 1.74. The molecule has 4 rings (SSSR count). The van der Waals surface area contributed by atoms with Crippen molar-refractivity contribution < 1.29 is 14.7 Å². The summed E-state index contributed by atoms with van der Waals surface area (Å²) in [5.41, 5.74) is 0.840. The second-order valence-electron chi connectivity index (χ2n) is 7.09. The predicted octanol–water partition coefficient (Wildman–Crippen LogP) is 1.81. The number of carboxylic acids is 1. The fourth-order valence-corrected chi connectivity index (χ4v) is 3.62. The summed E-state index contributed by atoms with van der Waals surface area (Å²) in [6, 6.07) is 4.87. The summed E-state index contributed by atoms with van der Waals surface area (Å²) in [5.74, 6) is -0.560. The highest BCUT2D eigenvalue weighted by Crippen LogP contribution is 2.28. The zero-order chi connectivity index (χ0) is 18.3. The van der Waals surface area contributed by atoms with E-state index in [1.165, 1.54) is 4.90 Å². The molecule has 7 heteroatoms. The van der Waals surface area contributed by atoms with E-state index in [0.29, 0.717) is 23.0 Å². The SMILES string of the molecule is O=C(O)CN(C(=O)c1ccc2c(=O)n3c(nc2c1)CCCCC3)C1CC1. The summed E-state index contributed by atoms with van der Waals surface area (Å²) in [4.78, 5) is 42.7. The van der Waals surface area contributed by atoms with Crippen molar-refractivity contribution in [3.63, 3.8) is 0 Å². The minimum Gasteiger partial charge on any atom is -0.480 e. The van der Waals surface area contributed by atoms with Crippen LogP contribution in [0.2, 0.25) is 0 Å². The van der Waals surface area contributed by atoms with Crippen molar-refractivity contribution in [3.8, 4) is 0 Å². The average molecular weight is 355 g/mol. The number of rotatable bonds is 4. The Kier molecular flexibility index (Phi) is 4.22. The maximum Gasteiger partial charge on any atom is 0.323 e. The van der Waals surface area contributed by atoms with Gasteiger partial charge in [0.25, 0.3) is 11.5 Å². The van der Waals surface area contributed by atoms with Crippen molar-refractivity contribution in [3.05, 3.63) is 39.9 Å². The molecule has 1 fully saturated rings. The van der Waals surface area contributed by atoms with Crippen LogP contribution in [0.3, 0.4) is 0 Å². The molecule has 2 aliphatic rings. The van der Waals surface area contributed by atoms with E-state index in [1.54, 1.807) is 22.8 Å². The van der Waals surface area contributed by atoms with Gasteiger partial charge in [-0.3, -0.25) is 19.0 Å². The lowest BCUT2D eigenvalue weighted by molar-refractivity contribution is -0.137. The van der Waals surface area contributed by atoms with Gasteiger partial charge in [0.05, 0.1) is 10.9 Å². The van der Waals surface area contributed by atoms with Crippen molar-refractivity contribution in [1.29, 1.82) is 0 Å². The van der Waals surface area contributed by atoms with Gasteiger partial charge in [0.15, 0.2) is 0 Å². The molecule has 1 aromatic heterocycles. The zero-order valence-electron chi connectivity index (χ0n) is 14.5. The van der Waals surface area contributed by atoms with Crippen LogP contribution in [0.1, 0.15) is 48.3 Å². The highest BCUT2D eigenvalue weighted by atomic mass is 16.4. The number of carboxylic acid groups (broad SMARTS) is 1. The fourth-order valence-electron chi connectivity index (χ4n) is 3.62. The van der Waals surface area contributed by atoms with Crippen LogP contribution in [0.25, 0.3) is 10.9 Å². The molecule has 0 saturated heterocycles. The summed E-state index contributed by atoms with van der Waals surface area (Å²) in [7, 11) is 0. The monoisotopic (exact) mass is 355 g/mol. The minimum atomic E-state index is -1.02. The average Bonchev–Trinajstić information content (AvgIpc) is 3.45. The second-order valence-corrected chi connectivity index (χ2v) is 7.09. The number of benzene rings is 1. The number of amides is 1. The van der Waals surface area contributed by atoms with E-state index in [9.17, 15) is 14.4 Å². The standard InChI is InChI=1S/C19H21N3O4/c23-17(24)11-22(13-6-7-13)18(25)12-5-8-14-15(10-12)20-16-4-2-1-3-9-21(16)19(14)26/h5,8,10,13H,1-4,6-7,9,11H2,(H,23,24). The van der Waals surface area contributed by atoms with E-state index < -0.39 is 5.97 Å². The van der Waals surface area contributed by atoms with Gasteiger partial charge in [-0.2, -0.15) is 0 Å². The molecular formula is C19H21N3O4. The number of carbonyl (C=O) groups excluding carboxylic acids is 1. The fraction of sp³-hybridized carbons (Fsp3) is 0.474. The Morgan fingerprint density at radius 2 is 2.04 bits per heavy atom. The minimum absolute atomic E-state index is 0.0000681. The van der Waals surface area contributed by atoms with Crippen LogP contribution in [-0.2, 0) is 17.8 Å².